The number of aliphatic hydroxyl groups is 1. The smallest absolute Gasteiger partial charge is 0.162 e. The number of hydrogen-bond donors (Lipinski definition) is 1. The molecular formula is C7H9FO2. The lowest BCUT2D eigenvalue weighted by atomic mass is 10.4. The van der Waals surface area contributed by atoms with Crippen molar-refractivity contribution >= 4 is 0 Å². The average Bonchev–Trinajstić information content (AvgIpc) is 1.81. The van der Waals surface area contributed by atoms with Crippen molar-refractivity contribution in [1.29, 1.82) is 0 Å². The minimum absolute atomic E-state index is 0.0208. The third-order valence-electron chi connectivity index (χ3n) is 0.792. The number of hydrogen-bond acceptors (Lipinski definition) is 2. The van der Waals surface area contributed by atoms with E-state index in [1.165, 1.54) is 7.11 Å². The third-order valence-corrected chi connectivity index (χ3v) is 0.792. The molecule has 0 atom stereocenters. The van der Waals surface area contributed by atoms with Gasteiger partial charge in [-0.2, -0.15) is 0 Å². The van der Waals surface area contributed by atoms with E-state index in [0.29, 0.717) is 0 Å². The lowest BCUT2D eigenvalue weighted by Crippen LogP contribution is -1.89. The van der Waals surface area contributed by atoms with E-state index in [2.05, 4.69) is 17.9 Å². The summed E-state index contributed by atoms with van der Waals surface area (Å²) in [4.78, 5) is 0. The molecule has 0 aromatic rings. The number of rotatable bonds is 3. The Morgan fingerprint density at radius 1 is 1.60 bits per heavy atom. The molecule has 0 radical (unpaired) electrons. The van der Waals surface area contributed by atoms with E-state index in [4.69, 9.17) is 5.11 Å². The van der Waals surface area contributed by atoms with Crippen LogP contribution in [0.2, 0.25) is 0 Å². The van der Waals surface area contributed by atoms with Crippen LogP contribution in [0.1, 0.15) is 0 Å². The molecule has 0 aliphatic heterocycles. The van der Waals surface area contributed by atoms with Crippen LogP contribution >= 0.6 is 0 Å². The summed E-state index contributed by atoms with van der Waals surface area (Å²) < 4.78 is 16.5. The summed E-state index contributed by atoms with van der Waals surface area (Å²) in [6.07, 6.45) is 0.947. The van der Waals surface area contributed by atoms with Crippen LogP contribution in [0.5, 0.6) is 0 Å². The average molecular weight is 144 g/mol. The second kappa shape index (κ2) is 3.71. The number of ether oxygens (including phenoxy) is 1. The maximum Gasteiger partial charge on any atom is 0.162 e. The Kier molecular flexibility index (Phi) is 3.25. The number of methoxy groups -OCH3 is 1. The molecule has 0 fully saturated rings. The first-order chi connectivity index (χ1) is 4.57. The monoisotopic (exact) mass is 144 g/mol. The Labute approximate surface area is 58.9 Å². The first-order valence-corrected chi connectivity index (χ1v) is 2.56. The molecule has 56 valence electrons. The molecule has 0 aromatic heterocycles. The zero-order chi connectivity index (χ0) is 8.15. The summed E-state index contributed by atoms with van der Waals surface area (Å²) in [5.41, 5.74) is 0. The molecule has 0 bridgehead atoms. The van der Waals surface area contributed by atoms with Gasteiger partial charge in [-0.05, 0) is 0 Å². The van der Waals surface area contributed by atoms with E-state index < -0.39 is 5.83 Å². The molecule has 2 nitrogen and oxygen atoms in total. The third kappa shape index (κ3) is 2.91. The highest BCUT2D eigenvalue weighted by atomic mass is 19.1. The number of halogens is 1. The van der Waals surface area contributed by atoms with Gasteiger partial charge in [0.15, 0.2) is 5.76 Å². The van der Waals surface area contributed by atoms with Crippen molar-refractivity contribution in [3.63, 3.8) is 0 Å². The Morgan fingerprint density at radius 2 is 2.10 bits per heavy atom. The topological polar surface area (TPSA) is 29.5 Å². The Balaban J connectivity index is 4.34. The van der Waals surface area contributed by atoms with Gasteiger partial charge in [0.2, 0.25) is 0 Å². The molecular weight excluding hydrogens is 135 g/mol. The fraction of sp³-hybridized carbons (Fsp3) is 0.143. The van der Waals surface area contributed by atoms with E-state index in [-0.39, 0.29) is 11.5 Å². The van der Waals surface area contributed by atoms with Crippen molar-refractivity contribution in [2.45, 2.75) is 0 Å². The normalized spacial score (nSPS) is 10.8. The van der Waals surface area contributed by atoms with Crippen molar-refractivity contribution < 1.29 is 14.2 Å². The predicted octanol–water partition coefficient (Wildman–Crippen LogP) is 2.07. The summed E-state index contributed by atoms with van der Waals surface area (Å²) in [5, 5.41) is 8.67. The van der Waals surface area contributed by atoms with Gasteiger partial charge < -0.3 is 9.84 Å². The van der Waals surface area contributed by atoms with Crippen LogP contribution in [-0.4, -0.2) is 12.2 Å². The van der Waals surface area contributed by atoms with Gasteiger partial charge in [-0.1, -0.05) is 13.2 Å². The summed E-state index contributed by atoms with van der Waals surface area (Å²) in [5.74, 6) is -1.03. The molecule has 0 aliphatic carbocycles. The van der Waals surface area contributed by atoms with Crippen LogP contribution in [-0.2, 0) is 4.74 Å². The highest BCUT2D eigenvalue weighted by molar-refractivity contribution is 5.22. The second-order valence-electron chi connectivity index (χ2n) is 1.61. The highest BCUT2D eigenvalue weighted by Gasteiger charge is 1.98. The first-order valence-electron chi connectivity index (χ1n) is 2.56. The van der Waals surface area contributed by atoms with Crippen molar-refractivity contribution in [2.24, 2.45) is 0 Å². The van der Waals surface area contributed by atoms with Crippen LogP contribution in [0.15, 0.2) is 36.6 Å². The first kappa shape index (κ1) is 8.75. The molecule has 0 aliphatic rings. The molecule has 0 rings (SSSR count). The van der Waals surface area contributed by atoms with Crippen molar-refractivity contribution in [1.82, 2.24) is 0 Å². The summed E-state index contributed by atoms with van der Waals surface area (Å²) >= 11 is 0. The molecule has 0 saturated carbocycles. The minimum Gasteiger partial charge on any atom is -0.505 e. The summed E-state index contributed by atoms with van der Waals surface area (Å²) in [6.45, 7) is 6.08. The highest BCUT2D eigenvalue weighted by Crippen LogP contribution is 2.08. The van der Waals surface area contributed by atoms with E-state index in [1.54, 1.807) is 0 Å². The van der Waals surface area contributed by atoms with Crippen molar-refractivity contribution in [2.75, 3.05) is 7.11 Å². The van der Waals surface area contributed by atoms with Crippen LogP contribution in [0.4, 0.5) is 4.39 Å². The minimum atomic E-state index is -0.688. The maximum atomic E-state index is 12.0. The van der Waals surface area contributed by atoms with E-state index in [1.807, 2.05) is 0 Å². The lowest BCUT2D eigenvalue weighted by Gasteiger charge is -2.01. The molecule has 10 heavy (non-hydrogen) atoms. The molecule has 0 heterocycles. The van der Waals surface area contributed by atoms with Crippen LogP contribution < -0.4 is 0 Å². The van der Waals surface area contributed by atoms with E-state index in [0.717, 1.165) is 6.08 Å². The predicted molar refractivity (Wildman–Crippen MR) is 37.1 cm³/mol. The van der Waals surface area contributed by atoms with Gasteiger partial charge in [0, 0.05) is 6.08 Å². The van der Waals surface area contributed by atoms with Crippen LogP contribution in [0.3, 0.4) is 0 Å². The molecule has 0 spiro atoms. The van der Waals surface area contributed by atoms with Crippen LogP contribution in [0, 0.1) is 0 Å². The van der Waals surface area contributed by atoms with Gasteiger partial charge in [-0.15, -0.1) is 0 Å². The molecule has 0 saturated heterocycles. The summed E-state index contributed by atoms with van der Waals surface area (Å²) in [6, 6.07) is 0. The van der Waals surface area contributed by atoms with Gasteiger partial charge in [0.05, 0.1) is 7.11 Å². The van der Waals surface area contributed by atoms with Gasteiger partial charge in [-0.25, -0.2) is 4.39 Å². The standard InChI is InChI=1S/C7H9FO2/c1-5(8)4-7(10-3)6(2)9/h4,9H,1-2H2,3H3/b7-4+. The number of allylic oxidation sites excluding steroid dienone is 2. The largest absolute Gasteiger partial charge is 0.505 e. The van der Waals surface area contributed by atoms with Gasteiger partial charge in [0.25, 0.3) is 0 Å². The maximum absolute atomic E-state index is 12.0. The zero-order valence-corrected chi connectivity index (χ0v) is 5.72. The van der Waals surface area contributed by atoms with Crippen molar-refractivity contribution in [3.05, 3.63) is 36.6 Å². The van der Waals surface area contributed by atoms with Gasteiger partial charge in [0.1, 0.15) is 11.6 Å². The Bertz CT molecular complexity index is 182. The lowest BCUT2D eigenvalue weighted by molar-refractivity contribution is 0.256. The van der Waals surface area contributed by atoms with Crippen molar-refractivity contribution in [3.8, 4) is 0 Å². The van der Waals surface area contributed by atoms with E-state index in [9.17, 15) is 4.39 Å². The molecule has 1 N–H and O–H groups in total. The second-order valence-corrected chi connectivity index (χ2v) is 1.61. The molecule has 0 unspecified atom stereocenters. The summed E-state index contributed by atoms with van der Waals surface area (Å²) in [7, 11) is 1.30. The zero-order valence-electron chi connectivity index (χ0n) is 5.72. The fourth-order valence-electron chi connectivity index (χ4n) is 0.402. The Hall–Kier alpha value is -1.25. The molecule has 3 heteroatoms. The SMILES string of the molecule is C=C(F)/C=C(/OC)C(=C)O. The molecule has 0 amide bonds. The quantitative estimate of drug-likeness (QED) is 0.485. The van der Waals surface area contributed by atoms with Gasteiger partial charge in [-0.3, -0.25) is 0 Å². The fourth-order valence-corrected chi connectivity index (χ4v) is 0.402. The van der Waals surface area contributed by atoms with Crippen LogP contribution in [0.25, 0.3) is 0 Å². The Morgan fingerprint density at radius 3 is 2.20 bits per heavy atom. The molecule has 0 aromatic carbocycles. The van der Waals surface area contributed by atoms with Gasteiger partial charge >= 0.3 is 0 Å². The van der Waals surface area contributed by atoms with E-state index >= 15 is 0 Å². The number of aliphatic hydroxyl groups excluding tert-OH is 1.